The first-order valence-corrected chi connectivity index (χ1v) is 9.19. The van der Waals surface area contributed by atoms with Crippen LogP contribution in [0.25, 0.3) is 10.9 Å². The summed E-state index contributed by atoms with van der Waals surface area (Å²) in [5.74, 6) is -0.0187. The highest BCUT2D eigenvalue weighted by Gasteiger charge is 2.13. The molecule has 0 atom stereocenters. The number of hydrogen-bond donors (Lipinski definition) is 1. The largest absolute Gasteiger partial charge is 0.488 e. The Morgan fingerprint density at radius 2 is 1.79 bits per heavy atom. The van der Waals surface area contributed by atoms with E-state index in [0.29, 0.717) is 40.1 Å². The van der Waals surface area contributed by atoms with Crippen molar-refractivity contribution in [2.24, 2.45) is 0 Å². The molecule has 1 heterocycles. The summed E-state index contributed by atoms with van der Waals surface area (Å²) in [7, 11) is 0. The summed E-state index contributed by atoms with van der Waals surface area (Å²) >= 11 is 0. The number of H-pyrrole nitrogens is 1. The minimum absolute atomic E-state index is 0.120. The molecule has 0 saturated heterocycles. The van der Waals surface area contributed by atoms with E-state index >= 15 is 0 Å². The number of carbonyl (C=O) groups excluding carboxylic acids is 2. The van der Waals surface area contributed by atoms with Gasteiger partial charge in [0.1, 0.15) is 18.2 Å². The van der Waals surface area contributed by atoms with Gasteiger partial charge >= 0.3 is 0 Å². The van der Waals surface area contributed by atoms with Crippen molar-refractivity contribution in [1.82, 2.24) is 4.98 Å². The number of aromatic amines is 1. The van der Waals surface area contributed by atoms with E-state index in [-0.39, 0.29) is 18.0 Å². The van der Waals surface area contributed by atoms with Gasteiger partial charge in [-0.2, -0.15) is 0 Å². The quantitative estimate of drug-likeness (QED) is 0.353. The van der Waals surface area contributed by atoms with Crippen molar-refractivity contribution in [3.63, 3.8) is 0 Å². The Hall–Kier alpha value is -3.73. The molecule has 1 aromatic heterocycles. The Morgan fingerprint density at radius 3 is 2.59 bits per heavy atom. The van der Waals surface area contributed by atoms with E-state index in [4.69, 9.17) is 4.74 Å². The van der Waals surface area contributed by atoms with Crippen molar-refractivity contribution in [3.8, 4) is 5.75 Å². The summed E-state index contributed by atoms with van der Waals surface area (Å²) in [6, 6.07) is 20.8. The Balaban J connectivity index is 1.49. The summed E-state index contributed by atoms with van der Waals surface area (Å²) in [5.41, 5.74) is 3.20. The summed E-state index contributed by atoms with van der Waals surface area (Å²) in [6.45, 7) is 0.353. The Labute approximate surface area is 166 Å². The van der Waals surface area contributed by atoms with E-state index in [1.807, 2.05) is 30.3 Å². The molecule has 4 nitrogen and oxygen atoms in total. The van der Waals surface area contributed by atoms with E-state index in [9.17, 15) is 14.0 Å². The molecule has 0 fully saturated rings. The molecule has 1 N–H and O–H groups in total. The third-order valence-corrected chi connectivity index (χ3v) is 4.69. The number of halogens is 1. The van der Waals surface area contributed by atoms with Crippen LogP contribution in [-0.2, 0) is 13.0 Å². The van der Waals surface area contributed by atoms with Crippen LogP contribution in [0.4, 0.5) is 4.39 Å². The van der Waals surface area contributed by atoms with Gasteiger partial charge in [0.15, 0.2) is 12.1 Å². The lowest BCUT2D eigenvalue weighted by molar-refractivity contribution is 0.0988. The van der Waals surface area contributed by atoms with Gasteiger partial charge in [-0.1, -0.05) is 36.4 Å². The van der Waals surface area contributed by atoms with E-state index in [1.165, 1.54) is 12.1 Å². The second kappa shape index (κ2) is 8.10. The highest BCUT2D eigenvalue weighted by molar-refractivity contribution is 6.00. The fourth-order valence-corrected chi connectivity index (χ4v) is 3.20. The number of nitrogens with one attached hydrogen (secondary N) is 1. The number of fused-ring (bicyclic) bond motifs is 1. The maximum absolute atomic E-state index is 13.3. The third-order valence-electron chi connectivity index (χ3n) is 4.69. The van der Waals surface area contributed by atoms with Crippen LogP contribution >= 0.6 is 0 Å². The fraction of sp³-hybridized carbons (Fsp3) is 0.0833. The fourth-order valence-electron chi connectivity index (χ4n) is 3.20. The normalized spacial score (nSPS) is 10.8. The van der Waals surface area contributed by atoms with Crippen LogP contribution in [0.3, 0.4) is 0 Å². The number of aromatic nitrogens is 1. The topological polar surface area (TPSA) is 59.2 Å². The second-order valence-electron chi connectivity index (χ2n) is 6.78. The maximum atomic E-state index is 13.3. The molecule has 29 heavy (non-hydrogen) atoms. The van der Waals surface area contributed by atoms with E-state index in [2.05, 4.69) is 4.98 Å². The Bertz CT molecular complexity index is 1180. The van der Waals surface area contributed by atoms with Gasteiger partial charge in [-0.25, -0.2) is 4.39 Å². The van der Waals surface area contributed by atoms with Crippen LogP contribution in [0.1, 0.15) is 32.0 Å². The molecule has 0 bridgehead atoms. The van der Waals surface area contributed by atoms with Gasteiger partial charge in [0.2, 0.25) is 0 Å². The molecule has 3 aromatic carbocycles. The van der Waals surface area contributed by atoms with Crippen molar-refractivity contribution in [2.75, 3.05) is 0 Å². The zero-order chi connectivity index (χ0) is 20.2. The SMILES string of the molecule is O=Cc1cc(CC(=O)c2cc3cc(F)ccc3[nH]2)ccc1OCc1ccccc1. The molecule has 144 valence electrons. The Morgan fingerprint density at radius 1 is 0.966 bits per heavy atom. The molecule has 4 aromatic rings. The lowest BCUT2D eigenvalue weighted by Gasteiger charge is -2.10. The first-order chi connectivity index (χ1) is 14.1. The second-order valence-corrected chi connectivity index (χ2v) is 6.78. The number of ketones is 1. The van der Waals surface area contributed by atoms with Crippen LogP contribution < -0.4 is 4.74 Å². The number of aldehydes is 1. The van der Waals surface area contributed by atoms with Crippen LogP contribution in [0, 0.1) is 5.82 Å². The number of rotatable bonds is 7. The lowest BCUT2D eigenvalue weighted by Crippen LogP contribution is -2.05. The zero-order valence-electron chi connectivity index (χ0n) is 15.5. The average molecular weight is 387 g/mol. The van der Waals surface area contributed by atoms with E-state index in [1.54, 1.807) is 30.3 Å². The van der Waals surface area contributed by atoms with Gasteiger partial charge in [0.25, 0.3) is 0 Å². The van der Waals surface area contributed by atoms with Gasteiger partial charge in [-0.15, -0.1) is 0 Å². The number of hydrogen-bond acceptors (Lipinski definition) is 3. The van der Waals surface area contributed by atoms with Crippen LogP contribution in [-0.4, -0.2) is 17.1 Å². The molecule has 0 amide bonds. The molecule has 0 radical (unpaired) electrons. The zero-order valence-corrected chi connectivity index (χ0v) is 15.5. The van der Waals surface area contributed by atoms with Gasteiger partial charge in [-0.3, -0.25) is 9.59 Å². The predicted octanol–water partition coefficient (Wildman–Crippen LogP) is 5.12. The number of Topliss-reactive ketones (excluding diaryl/α,β-unsaturated/α-hetero) is 1. The predicted molar refractivity (Wildman–Crippen MR) is 109 cm³/mol. The van der Waals surface area contributed by atoms with E-state index in [0.717, 1.165) is 11.8 Å². The highest BCUT2D eigenvalue weighted by atomic mass is 19.1. The smallest absolute Gasteiger partial charge is 0.183 e. The summed E-state index contributed by atoms with van der Waals surface area (Å²) in [4.78, 5) is 27.1. The molecular formula is C24H18FNO3. The molecule has 0 unspecified atom stereocenters. The third kappa shape index (κ3) is 4.24. The highest BCUT2D eigenvalue weighted by Crippen LogP contribution is 2.22. The van der Waals surface area contributed by atoms with E-state index < -0.39 is 0 Å². The maximum Gasteiger partial charge on any atom is 0.183 e. The Kier molecular flexibility index (Phi) is 5.20. The van der Waals surface area contributed by atoms with Gasteiger partial charge in [0, 0.05) is 17.3 Å². The van der Waals surface area contributed by atoms with Crippen molar-refractivity contribution in [3.05, 3.63) is 101 Å². The first kappa shape index (κ1) is 18.6. The standard InChI is InChI=1S/C24H18FNO3/c25-20-7-8-21-18(12-20)13-22(26-21)23(28)11-17-6-9-24(19(10-17)14-27)29-15-16-4-2-1-3-5-16/h1-10,12-14,26H,11,15H2. The van der Waals surface area contributed by atoms with Crippen molar-refractivity contribution in [2.45, 2.75) is 13.0 Å². The average Bonchev–Trinajstić information content (AvgIpc) is 3.17. The molecule has 0 saturated carbocycles. The van der Waals surface area contributed by atoms with Gasteiger partial charge in [0.05, 0.1) is 11.3 Å². The summed E-state index contributed by atoms with van der Waals surface area (Å²) in [5, 5.41) is 0.645. The lowest BCUT2D eigenvalue weighted by atomic mass is 10.0. The summed E-state index contributed by atoms with van der Waals surface area (Å²) in [6.07, 6.45) is 0.842. The van der Waals surface area contributed by atoms with Crippen LogP contribution in [0.15, 0.2) is 72.8 Å². The molecule has 0 aliphatic carbocycles. The summed E-state index contributed by atoms with van der Waals surface area (Å²) < 4.78 is 19.1. The molecule has 4 rings (SSSR count). The minimum atomic E-state index is -0.350. The number of carbonyl (C=O) groups is 2. The first-order valence-electron chi connectivity index (χ1n) is 9.19. The molecule has 0 aliphatic rings. The number of benzene rings is 3. The minimum Gasteiger partial charge on any atom is -0.488 e. The molecular weight excluding hydrogens is 369 g/mol. The van der Waals surface area contributed by atoms with Crippen LogP contribution in [0.5, 0.6) is 5.75 Å². The number of ether oxygens (including phenoxy) is 1. The van der Waals surface area contributed by atoms with Gasteiger partial charge < -0.3 is 9.72 Å². The van der Waals surface area contributed by atoms with Gasteiger partial charge in [-0.05, 0) is 47.5 Å². The molecule has 0 spiro atoms. The monoisotopic (exact) mass is 387 g/mol. The van der Waals surface area contributed by atoms with Crippen LogP contribution in [0.2, 0.25) is 0 Å². The van der Waals surface area contributed by atoms with Crippen molar-refractivity contribution < 1.29 is 18.7 Å². The van der Waals surface area contributed by atoms with Crippen molar-refractivity contribution in [1.29, 1.82) is 0 Å². The van der Waals surface area contributed by atoms with Crippen molar-refractivity contribution >= 4 is 23.0 Å². The molecule has 0 aliphatic heterocycles. The molecule has 5 heteroatoms.